The molecule has 0 spiro atoms. The van der Waals surface area contributed by atoms with Crippen molar-refractivity contribution in [3.63, 3.8) is 0 Å². The molecule has 1 aliphatic heterocycles. The van der Waals surface area contributed by atoms with E-state index >= 15 is 0 Å². The third-order valence-electron chi connectivity index (χ3n) is 4.49. The smallest absolute Gasteiger partial charge is 0.277 e. The summed E-state index contributed by atoms with van der Waals surface area (Å²) in [6, 6.07) is 5.84. The van der Waals surface area contributed by atoms with E-state index in [1.165, 1.54) is 6.33 Å². The van der Waals surface area contributed by atoms with Gasteiger partial charge in [0.15, 0.2) is 5.69 Å². The number of aromatic nitrogens is 7. The second-order valence-electron chi connectivity index (χ2n) is 6.27. The largest absolute Gasteiger partial charge is 0.320 e. The second-order valence-corrected chi connectivity index (χ2v) is 6.27. The predicted molar refractivity (Wildman–Crippen MR) is 93.0 cm³/mol. The van der Waals surface area contributed by atoms with Gasteiger partial charge >= 0.3 is 0 Å². The summed E-state index contributed by atoms with van der Waals surface area (Å²) in [4.78, 5) is 12.5. The maximum Gasteiger partial charge on any atom is 0.277 e. The number of aryl methyl sites for hydroxylation is 1. The lowest BCUT2D eigenvalue weighted by molar-refractivity contribution is 0.102. The summed E-state index contributed by atoms with van der Waals surface area (Å²) in [6.45, 7) is 3.86. The summed E-state index contributed by atoms with van der Waals surface area (Å²) in [7, 11) is 0. The molecule has 3 heterocycles. The first-order valence-electron chi connectivity index (χ1n) is 8.48. The highest BCUT2D eigenvalue weighted by Crippen LogP contribution is 2.20. The average molecular weight is 353 g/mol. The molecule has 10 nitrogen and oxygen atoms in total. The van der Waals surface area contributed by atoms with Gasteiger partial charge in [0.2, 0.25) is 0 Å². The van der Waals surface area contributed by atoms with Gasteiger partial charge in [-0.25, -0.2) is 9.36 Å². The van der Waals surface area contributed by atoms with Gasteiger partial charge in [-0.15, -0.1) is 10.2 Å². The van der Waals surface area contributed by atoms with Gasteiger partial charge in [-0.2, -0.15) is 0 Å². The summed E-state index contributed by atoms with van der Waals surface area (Å²) in [5.74, 6) is -0.295. The standard InChI is InChI=1S/C16H19N9O/c1-11-2-3-12(8-15(11)25-10-18-21-23-25)19-16(26)14-9-24(22-20-14)13-4-6-17-7-5-13/h2-3,8-10,13,17H,4-7H2,1H3,(H,19,26). The Morgan fingerprint density at radius 2 is 2.12 bits per heavy atom. The quantitative estimate of drug-likeness (QED) is 0.710. The fourth-order valence-corrected chi connectivity index (χ4v) is 3.03. The Morgan fingerprint density at radius 1 is 1.27 bits per heavy atom. The molecule has 0 saturated carbocycles. The van der Waals surface area contributed by atoms with Crippen molar-refractivity contribution in [2.75, 3.05) is 18.4 Å². The van der Waals surface area contributed by atoms with Gasteiger partial charge < -0.3 is 10.6 Å². The number of carbonyl (C=O) groups is 1. The Hall–Kier alpha value is -3.14. The Labute approximate surface area is 149 Å². The number of amides is 1. The molecule has 4 rings (SSSR count). The lowest BCUT2D eigenvalue weighted by atomic mass is 10.1. The van der Waals surface area contributed by atoms with Crippen LogP contribution in [0.1, 0.15) is 34.9 Å². The molecule has 1 aromatic carbocycles. The summed E-state index contributed by atoms with van der Waals surface area (Å²) < 4.78 is 3.34. The SMILES string of the molecule is Cc1ccc(NC(=O)c2cn(C3CCNCC3)nn2)cc1-n1cnnn1. The van der Waals surface area contributed by atoms with Crippen molar-refractivity contribution in [3.8, 4) is 5.69 Å². The van der Waals surface area contributed by atoms with Crippen LogP contribution in [0.3, 0.4) is 0 Å². The van der Waals surface area contributed by atoms with Crippen LogP contribution >= 0.6 is 0 Å². The molecule has 26 heavy (non-hydrogen) atoms. The summed E-state index contributed by atoms with van der Waals surface area (Å²) in [6.07, 6.45) is 5.19. The zero-order valence-corrected chi connectivity index (χ0v) is 14.3. The normalized spacial score (nSPS) is 15.1. The van der Waals surface area contributed by atoms with Crippen molar-refractivity contribution in [3.05, 3.63) is 42.0 Å². The van der Waals surface area contributed by atoms with Crippen molar-refractivity contribution in [2.45, 2.75) is 25.8 Å². The van der Waals surface area contributed by atoms with Crippen LogP contribution in [0.2, 0.25) is 0 Å². The summed E-state index contributed by atoms with van der Waals surface area (Å²) in [5, 5.41) is 25.5. The maximum atomic E-state index is 12.5. The minimum absolute atomic E-state index is 0.288. The molecule has 0 atom stereocenters. The van der Waals surface area contributed by atoms with Crippen molar-refractivity contribution in [1.82, 2.24) is 40.5 Å². The molecule has 0 radical (unpaired) electrons. The van der Waals surface area contributed by atoms with Crippen LogP contribution in [-0.2, 0) is 0 Å². The van der Waals surface area contributed by atoms with Gasteiger partial charge in [0.05, 0.1) is 17.9 Å². The number of hydrogen-bond acceptors (Lipinski definition) is 7. The van der Waals surface area contributed by atoms with Crippen LogP contribution in [-0.4, -0.2) is 54.2 Å². The highest BCUT2D eigenvalue weighted by atomic mass is 16.2. The number of nitrogens with one attached hydrogen (secondary N) is 2. The molecule has 0 aliphatic carbocycles. The minimum Gasteiger partial charge on any atom is -0.320 e. The molecule has 1 fully saturated rings. The number of nitrogens with zero attached hydrogens (tertiary/aromatic N) is 7. The molecule has 1 amide bonds. The van der Waals surface area contributed by atoms with E-state index in [9.17, 15) is 4.79 Å². The van der Waals surface area contributed by atoms with Crippen LogP contribution in [0.25, 0.3) is 5.69 Å². The fourth-order valence-electron chi connectivity index (χ4n) is 3.03. The zero-order chi connectivity index (χ0) is 17.9. The first kappa shape index (κ1) is 16.3. The van der Waals surface area contributed by atoms with Gasteiger partial charge in [-0.3, -0.25) is 4.79 Å². The van der Waals surface area contributed by atoms with Crippen LogP contribution in [0.4, 0.5) is 5.69 Å². The first-order valence-corrected chi connectivity index (χ1v) is 8.48. The average Bonchev–Trinajstić information content (AvgIpc) is 3.36. The number of benzene rings is 1. The molecular weight excluding hydrogens is 334 g/mol. The van der Waals surface area contributed by atoms with Crippen molar-refractivity contribution in [2.24, 2.45) is 0 Å². The van der Waals surface area contributed by atoms with Crippen molar-refractivity contribution >= 4 is 11.6 Å². The molecular formula is C16H19N9O. The highest BCUT2D eigenvalue weighted by molar-refractivity contribution is 6.02. The van der Waals surface area contributed by atoms with Gasteiger partial charge in [-0.05, 0) is 61.0 Å². The first-order chi connectivity index (χ1) is 12.7. The fraction of sp³-hybridized carbons (Fsp3) is 0.375. The van der Waals surface area contributed by atoms with E-state index in [4.69, 9.17) is 0 Å². The number of anilines is 1. The van der Waals surface area contributed by atoms with E-state index in [0.29, 0.717) is 11.4 Å². The molecule has 1 aliphatic rings. The predicted octanol–water partition coefficient (Wildman–Crippen LogP) is 0.739. The molecule has 0 unspecified atom stereocenters. The Bertz CT molecular complexity index is 896. The van der Waals surface area contributed by atoms with E-state index < -0.39 is 0 Å². The van der Waals surface area contributed by atoms with Crippen LogP contribution in [0.15, 0.2) is 30.7 Å². The van der Waals surface area contributed by atoms with Gasteiger partial charge in [0.1, 0.15) is 6.33 Å². The van der Waals surface area contributed by atoms with E-state index in [1.807, 2.05) is 25.1 Å². The number of rotatable bonds is 4. The molecule has 3 aromatic rings. The Balaban J connectivity index is 1.50. The number of carbonyl (C=O) groups excluding carboxylic acids is 1. The van der Waals surface area contributed by atoms with E-state index in [1.54, 1.807) is 15.6 Å². The Kier molecular flexibility index (Phi) is 4.40. The van der Waals surface area contributed by atoms with Crippen molar-refractivity contribution < 1.29 is 4.79 Å². The third kappa shape index (κ3) is 3.31. The molecule has 10 heteroatoms. The number of tetrazole rings is 1. The molecule has 134 valence electrons. The zero-order valence-electron chi connectivity index (χ0n) is 14.3. The van der Waals surface area contributed by atoms with Crippen molar-refractivity contribution in [1.29, 1.82) is 0 Å². The van der Waals surface area contributed by atoms with Crippen LogP contribution in [0, 0.1) is 6.92 Å². The molecule has 0 bridgehead atoms. The van der Waals surface area contributed by atoms with Gasteiger partial charge in [0, 0.05) is 5.69 Å². The van der Waals surface area contributed by atoms with E-state index in [2.05, 4.69) is 36.5 Å². The third-order valence-corrected chi connectivity index (χ3v) is 4.49. The molecule has 2 N–H and O–H groups in total. The summed E-state index contributed by atoms with van der Waals surface area (Å²) >= 11 is 0. The van der Waals surface area contributed by atoms with E-state index in [-0.39, 0.29) is 11.9 Å². The van der Waals surface area contributed by atoms with Gasteiger partial charge in [-0.1, -0.05) is 11.3 Å². The lowest BCUT2D eigenvalue weighted by Crippen LogP contribution is -2.29. The van der Waals surface area contributed by atoms with E-state index in [0.717, 1.165) is 37.2 Å². The lowest BCUT2D eigenvalue weighted by Gasteiger charge is -2.22. The molecule has 2 aromatic heterocycles. The second kappa shape index (κ2) is 7.00. The van der Waals surface area contributed by atoms with Crippen LogP contribution in [0.5, 0.6) is 0 Å². The minimum atomic E-state index is -0.295. The topological polar surface area (TPSA) is 115 Å². The van der Waals surface area contributed by atoms with Gasteiger partial charge in [0.25, 0.3) is 5.91 Å². The number of piperidine rings is 1. The maximum absolute atomic E-state index is 12.5. The molecule has 1 saturated heterocycles. The Morgan fingerprint density at radius 3 is 2.88 bits per heavy atom. The van der Waals surface area contributed by atoms with Crippen LogP contribution < -0.4 is 10.6 Å². The number of hydrogen-bond donors (Lipinski definition) is 2. The monoisotopic (exact) mass is 353 g/mol. The highest BCUT2D eigenvalue weighted by Gasteiger charge is 2.19. The summed E-state index contributed by atoms with van der Waals surface area (Å²) in [5.41, 5.74) is 2.73.